The van der Waals surface area contributed by atoms with Crippen LogP contribution in [0, 0.1) is 28.1 Å². The van der Waals surface area contributed by atoms with Crippen LogP contribution < -0.4 is 10.1 Å². The molecule has 0 fully saturated rings. The van der Waals surface area contributed by atoms with Crippen molar-refractivity contribution in [2.45, 2.75) is 20.0 Å². The van der Waals surface area contributed by atoms with Gasteiger partial charge in [0.15, 0.2) is 0 Å². The Kier molecular flexibility index (Phi) is 5.95. The number of hydrogen-bond donors (Lipinski definition) is 1. The highest BCUT2D eigenvalue weighted by atomic mass is 19.4. The summed E-state index contributed by atoms with van der Waals surface area (Å²) in [4.78, 5) is 12.5. The number of nitrogens with zero attached hydrogens (tertiary/aromatic N) is 2. The Balaban J connectivity index is 2.10. The van der Waals surface area contributed by atoms with Crippen LogP contribution in [0.1, 0.15) is 30.5 Å². The van der Waals surface area contributed by atoms with Crippen molar-refractivity contribution in [3.05, 3.63) is 59.2 Å². The molecule has 144 valence electrons. The van der Waals surface area contributed by atoms with E-state index in [-0.39, 0.29) is 12.3 Å². The summed E-state index contributed by atoms with van der Waals surface area (Å²) in [5.74, 6) is -0.0865. The molecule has 0 aliphatic carbocycles. The Hall–Kier alpha value is -3.52. The summed E-state index contributed by atoms with van der Waals surface area (Å²) < 4.78 is 44.7. The minimum absolute atomic E-state index is 0.0346. The highest BCUT2D eigenvalue weighted by molar-refractivity contribution is 5.95. The van der Waals surface area contributed by atoms with Crippen molar-refractivity contribution in [2.75, 3.05) is 11.9 Å². The molecule has 5 nitrogen and oxygen atoms in total. The third kappa shape index (κ3) is 5.01. The molecule has 0 aromatic heterocycles. The van der Waals surface area contributed by atoms with Crippen molar-refractivity contribution in [1.82, 2.24) is 0 Å². The van der Waals surface area contributed by atoms with Crippen LogP contribution in [0.5, 0.6) is 5.75 Å². The molecule has 2 rings (SSSR count). The van der Waals surface area contributed by atoms with E-state index in [1.165, 1.54) is 12.1 Å². The first-order chi connectivity index (χ1) is 13.1. The maximum atomic E-state index is 13.0. The fraction of sp³-hybridized carbons (Fsp3) is 0.250. The monoisotopic (exact) mass is 387 g/mol. The van der Waals surface area contributed by atoms with E-state index >= 15 is 0 Å². The van der Waals surface area contributed by atoms with Crippen LogP contribution in [0.2, 0.25) is 0 Å². The number of halogens is 3. The summed E-state index contributed by atoms with van der Waals surface area (Å²) in [5, 5.41) is 20.0. The topological polar surface area (TPSA) is 85.9 Å². The molecule has 2 aromatic carbocycles. The van der Waals surface area contributed by atoms with Gasteiger partial charge in [-0.05, 0) is 56.3 Å². The molecule has 0 heterocycles. The molecule has 0 radical (unpaired) electrons. The third-order valence-corrected chi connectivity index (χ3v) is 3.90. The summed E-state index contributed by atoms with van der Waals surface area (Å²) in [6, 6.07) is 12.8. The molecule has 0 spiro atoms. The molecule has 0 unspecified atom stereocenters. The van der Waals surface area contributed by atoms with E-state index in [0.717, 1.165) is 12.1 Å². The Morgan fingerprint density at radius 1 is 1.07 bits per heavy atom. The lowest BCUT2D eigenvalue weighted by molar-refractivity contribution is -0.137. The van der Waals surface area contributed by atoms with Crippen LogP contribution in [-0.2, 0) is 11.0 Å². The molecule has 0 aliphatic heterocycles. The summed E-state index contributed by atoms with van der Waals surface area (Å²) in [5.41, 5.74) is -2.29. The number of anilines is 1. The lowest BCUT2D eigenvalue weighted by atomic mass is 9.93. The van der Waals surface area contributed by atoms with Crippen LogP contribution in [0.4, 0.5) is 18.9 Å². The largest absolute Gasteiger partial charge is 0.492 e. The van der Waals surface area contributed by atoms with Gasteiger partial charge in [-0.2, -0.15) is 23.7 Å². The second kappa shape index (κ2) is 8.01. The zero-order chi connectivity index (χ0) is 20.9. The van der Waals surface area contributed by atoms with Gasteiger partial charge in [-0.15, -0.1) is 0 Å². The first-order valence-corrected chi connectivity index (χ1v) is 8.12. The maximum Gasteiger partial charge on any atom is 0.417 e. The Morgan fingerprint density at radius 3 is 2.25 bits per heavy atom. The van der Waals surface area contributed by atoms with E-state index in [9.17, 15) is 18.0 Å². The van der Waals surface area contributed by atoms with Gasteiger partial charge < -0.3 is 10.1 Å². The van der Waals surface area contributed by atoms with E-state index in [2.05, 4.69) is 5.32 Å². The number of benzene rings is 2. The predicted molar refractivity (Wildman–Crippen MR) is 95.2 cm³/mol. The van der Waals surface area contributed by atoms with Gasteiger partial charge in [-0.3, -0.25) is 4.79 Å². The summed E-state index contributed by atoms with van der Waals surface area (Å²) in [7, 11) is 0. The molecule has 0 saturated carbocycles. The standard InChI is InChI=1S/C20H16F3N3O2/c1-19(2,12-28-16-7-3-13(10-24)4-8-16)18(27)26-15-6-5-14(11-25)17(9-15)20(21,22)23/h3-9H,12H2,1-2H3,(H,26,27). The molecule has 8 heteroatoms. The first kappa shape index (κ1) is 20.8. The maximum absolute atomic E-state index is 13.0. The Morgan fingerprint density at radius 2 is 1.71 bits per heavy atom. The van der Waals surface area contributed by atoms with Crippen molar-refractivity contribution >= 4 is 11.6 Å². The normalized spacial score (nSPS) is 11.2. The number of carbonyl (C=O) groups excluding carboxylic acids is 1. The molecule has 1 amide bonds. The van der Waals surface area contributed by atoms with Gasteiger partial charge in [0.05, 0.1) is 34.2 Å². The Bertz CT molecular complexity index is 953. The number of nitriles is 2. The fourth-order valence-electron chi connectivity index (χ4n) is 2.21. The summed E-state index contributed by atoms with van der Waals surface area (Å²) in [6.45, 7) is 3.13. The number of carbonyl (C=O) groups is 1. The summed E-state index contributed by atoms with van der Waals surface area (Å²) >= 11 is 0. The average molecular weight is 387 g/mol. The van der Waals surface area contributed by atoms with E-state index < -0.39 is 28.6 Å². The fourth-order valence-corrected chi connectivity index (χ4v) is 2.21. The van der Waals surface area contributed by atoms with Crippen molar-refractivity contribution < 1.29 is 22.7 Å². The molecule has 0 bridgehead atoms. The van der Waals surface area contributed by atoms with Gasteiger partial charge >= 0.3 is 6.18 Å². The van der Waals surface area contributed by atoms with Gasteiger partial charge in [0.2, 0.25) is 5.91 Å². The van der Waals surface area contributed by atoms with Gasteiger partial charge in [-0.1, -0.05) is 0 Å². The number of nitrogens with one attached hydrogen (secondary N) is 1. The van der Waals surface area contributed by atoms with Crippen LogP contribution in [0.15, 0.2) is 42.5 Å². The van der Waals surface area contributed by atoms with E-state index in [0.29, 0.717) is 11.3 Å². The highest BCUT2D eigenvalue weighted by Crippen LogP contribution is 2.34. The number of ether oxygens (including phenoxy) is 1. The Labute approximate surface area is 160 Å². The van der Waals surface area contributed by atoms with Crippen LogP contribution in [0.25, 0.3) is 0 Å². The lowest BCUT2D eigenvalue weighted by Crippen LogP contribution is -2.36. The quantitative estimate of drug-likeness (QED) is 0.819. The third-order valence-electron chi connectivity index (χ3n) is 3.90. The average Bonchev–Trinajstić information content (AvgIpc) is 2.66. The number of alkyl halides is 3. The molecule has 1 N–H and O–H groups in total. The molecule has 0 saturated heterocycles. The van der Waals surface area contributed by atoms with Gasteiger partial charge in [0.25, 0.3) is 0 Å². The number of rotatable bonds is 5. The first-order valence-electron chi connectivity index (χ1n) is 8.12. The molecular formula is C20H16F3N3O2. The van der Waals surface area contributed by atoms with Gasteiger partial charge in [0.1, 0.15) is 12.4 Å². The minimum Gasteiger partial charge on any atom is -0.492 e. The molecule has 0 atom stereocenters. The van der Waals surface area contributed by atoms with Gasteiger partial charge in [-0.25, -0.2) is 0 Å². The van der Waals surface area contributed by atoms with Crippen LogP contribution in [-0.4, -0.2) is 12.5 Å². The van der Waals surface area contributed by atoms with E-state index in [1.54, 1.807) is 38.1 Å². The van der Waals surface area contributed by atoms with Gasteiger partial charge in [0, 0.05) is 5.69 Å². The highest BCUT2D eigenvalue weighted by Gasteiger charge is 2.34. The number of hydrogen-bond acceptors (Lipinski definition) is 4. The zero-order valence-corrected chi connectivity index (χ0v) is 15.1. The SMILES string of the molecule is CC(C)(COc1ccc(C#N)cc1)C(=O)Nc1ccc(C#N)c(C(F)(F)F)c1. The van der Waals surface area contributed by atoms with Crippen LogP contribution in [0.3, 0.4) is 0 Å². The second-order valence-electron chi connectivity index (χ2n) is 6.63. The smallest absolute Gasteiger partial charge is 0.417 e. The predicted octanol–water partition coefficient (Wildman–Crippen LogP) is 4.49. The molecule has 0 aliphatic rings. The minimum atomic E-state index is -4.71. The van der Waals surface area contributed by atoms with Crippen molar-refractivity contribution in [3.63, 3.8) is 0 Å². The molecule has 2 aromatic rings. The molecular weight excluding hydrogens is 371 g/mol. The van der Waals surface area contributed by atoms with E-state index in [1.807, 2.05) is 6.07 Å². The van der Waals surface area contributed by atoms with E-state index in [4.69, 9.17) is 15.3 Å². The summed E-state index contributed by atoms with van der Waals surface area (Å²) in [6.07, 6.45) is -4.71. The van der Waals surface area contributed by atoms with Crippen LogP contribution >= 0.6 is 0 Å². The molecule has 28 heavy (non-hydrogen) atoms. The zero-order valence-electron chi connectivity index (χ0n) is 15.1. The number of amides is 1. The van der Waals surface area contributed by atoms with Crippen molar-refractivity contribution in [3.8, 4) is 17.9 Å². The van der Waals surface area contributed by atoms with Crippen molar-refractivity contribution in [2.24, 2.45) is 5.41 Å². The van der Waals surface area contributed by atoms with Crippen molar-refractivity contribution in [1.29, 1.82) is 10.5 Å². The lowest BCUT2D eigenvalue weighted by Gasteiger charge is -2.24. The second-order valence-corrected chi connectivity index (χ2v) is 6.63.